The molecule has 0 unspecified atom stereocenters. The van der Waals surface area contributed by atoms with Crippen LogP contribution in [-0.2, 0) is 5.41 Å². The number of ether oxygens (including phenoxy) is 1. The van der Waals surface area contributed by atoms with E-state index in [-0.39, 0.29) is 12.0 Å². The molecule has 1 rings (SSSR count). The summed E-state index contributed by atoms with van der Waals surface area (Å²) in [7, 11) is 1.65. The molecule has 84 valence electrons. The van der Waals surface area contributed by atoms with Crippen molar-refractivity contribution in [3.63, 3.8) is 0 Å². The second-order valence-electron chi connectivity index (χ2n) is 4.20. The first-order valence-electron chi connectivity index (χ1n) is 4.96. The smallest absolute Gasteiger partial charge is 0.120 e. The van der Waals surface area contributed by atoms with Crippen LogP contribution in [0.5, 0.6) is 5.75 Å². The minimum Gasteiger partial charge on any atom is -0.497 e. The van der Waals surface area contributed by atoms with Crippen LogP contribution in [-0.4, -0.2) is 18.8 Å². The summed E-state index contributed by atoms with van der Waals surface area (Å²) in [5.74, 6) is 0.838. The summed E-state index contributed by atoms with van der Waals surface area (Å²) in [4.78, 5) is 0. The minimum atomic E-state index is -0.0279. The van der Waals surface area contributed by atoms with Crippen molar-refractivity contribution in [3.8, 4) is 5.75 Å². The lowest BCUT2D eigenvalue weighted by Gasteiger charge is -2.25. The molecule has 0 atom stereocenters. The summed E-state index contributed by atoms with van der Waals surface area (Å²) >= 11 is 3.53. The lowest BCUT2D eigenvalue weighted by atomic mass is 9.82. The molecule has 0 saturated carbocycles. The minimum absolute atomic E-state index is 0.0279. The number of rotatable bonds is 4. The van der Waals surface area contributed by atoms with Gasteiger partial charge < -0.3 is 9.84 Å². The van der Waals surface area contributed by atoms with E-state index in [9.17, 15) is 0 Å². The maximum atomic E-state index is 9.01. The Labute approximate surface area is 99.4 Å². The fraction of sp³-hybridized carbons (Fsp3) is 0.500. The van der Waals surface area contributed by atoms with E-state index in [1.54, 1.807) is 7.11 Å². The summed E-state index contributed by atoms with van der Waals surface area (Å²) in [6, 6.07) is 5.94. The van der Waals surface area contributed by atoms with Gasteiger partial charge in [-0.1, -0.05) is 35.8 Å². The van der Waals surface area contributed by atoms with Crippen molar-refractivity contribution in [2.45, 2.75) is 25.7 Å². The van der Waals surface area contributed by atoms with E-state index in [0.29, 0.717) is 0 Å². The van der Waals surface area contributed by atoms with Crippen molar-refractivity contribution < 1.29 is 9.84 Å². The number of hydrogen-bond donors (Lipinski definition) is 1. The Bertz CT molecular complexity index is 334. The lowest BCUT2D eigenvalue weighted by Crippen LogP contribution is -2.19. The molecule has 2 nitrogen and oxygen atoms in total. The number of hydrogen-bond acceptors (Lipinski definition) is 2. The lowest BCUT2D eigenvalue weighted by molar-refractivity contribution is 0.252. The highest BCUT2D eigenvalue weighted by atomic mass is 79.9. The van der Waals surface area contributed by atoms with Gasteiger partial charge in [0.2, 0.25) is 0 Å². The van der Waals surface area contributed by atoms with Crippen LogP contribution in [0.3, 0.4) is 0 Å². The molecule has 0 aliphatic rings. The van der Waals surface area contributed by atoms with Gasteiger partial charge in [-0.25, -0.2) is 0 Å². The highest BCUT2D eigenvalue weighted by Gasteiger charge is 2.22. The van der Waals surface area contributed by atoms with Gasteiger partial charge in [0.25, 0.3) is 0 Å². The van der Waals surface area contributed by atoms with Crippen LogP contribution in [0.2, 0.25) is 0 Å². The molecule has 3 heteroatoms. The normalized spacial score (nSPS) is 11.5. The molecule has 0 fully saturated rings. The largest absolute Gasteiger partial charge is 0.497 e. The second kappa shape index (κ2) is 4.99. The molecular weight excluding hydrogens is 256 g/mol. The van der Waals surface area contributed by atoms with Gasteiger partial charge in [-0.2, -0.15) is 0 Å². The molecule has 15 heavy (non-hydrogen) atoms. The number of halogens is 1. The average Bonchev–Trinajstić information content (AvgIpc) is 2.17. The summed E-state index contributed by atoms with van der Waals surface area (Å²) < 4.78 is 6.17. The summed E-state index contributed by atoms with van der Waals surface area (Å²) in [5.41, 5.74) is 1.16. The quantitative estimate of drug-likeness (QED) is 0.913. The number of aliphatic hydroxyl groups excluding tert-OH is 1. The SMILES string of the molecule is COc1ccc(C(C)(C)CCO)c(Br)c1. The predicted molar refractivity (Wildman–Crippen MR) is 65.4 cm³/mol. The Morgan fingerprint density at radius 2 is 2.07 bits per heavy atom. The third-order valence-electron chi connectivity index (χ3n) is 2.64. The molecule has 0 spiro atoms. The highest BCUT2D eigenvalue weighted by Crippen LogP contribution is 2.34. The molecule has 0 saturated heterocycles. The number of benzene rings is 1. The van der Waals surface area contributed by atoms with Crippen molar-refractivity contribution in [3.05, 3.63) is 28.2 Å². The van der Waals surface area contributed by atoms with Crippen molar-refractivity contribution >= 4 is 15.9 Å². The number of methoxy groups -OCH3 is 1. The Morgan fingerprint density at radius 1 is 1.40 bits per heavy atom. The highest BCUT2D eigenvalue weighted by molar-refractivity contribution is 9.10. The average molecular weight is 273 g/mol. The molecule has 0 bridgehead atoms. The van der Waals surface area contributed by atoms with Crippen LogP contribution in [0.4, 0.5) is 0 Å². The zero-order chi connectivity index (χ0) is 11.5. The maximum absolute atomic E-state index is 9.01. The van der Waals surface area contributed by atoms with Gasteiger partial charge in [0.05, 0.1) is 7.11 Å². The fourth-order valence-electron chi connectivity index (χ4n) is 1.59. The van der Waals surface area contributed by atoms with Gasteiger partial charge in [0.15, 0.2) is 0 Å². The van der Waals surface area contributed by atoms with Crippen molar-refractivity contribution in [2.75, 3.05) is 13.7 Å². The third-order valence-corrected chi connectivity index (χ3v) is 3.30. The van der Waals surface area contributed by atoms with Crippen molar-refractivity contribution in [1.82, 2.24) is 0 Å². The molecule has 0 aliphatic heterocycles. The zero-order valence-corrected chi connectivity index (χ0v) is 11.0. The predicted octanol–water partition coefficient (Wildman–Crippen LogP) is 3.12. The van der Waals surface area contributed by atoms with Gasteiger partial charge >= 0.3 is 0 Å². The van der Waals surface area contributed by atoms with E-state index in [0.717, 1.165) is 16.6 Å². The van der Waals surface area contributed by atoms with E-state index in [2.05, 4.69) is 29.8 Å². The molecule has 1 aromatic rings. The first-order chi connectivity index (χ1) is 7.01. The standard InChI is InChI=1S/C12H17BrO2/c1-12(2,6-7-14)10-5-4-9(15-3)8-11(10)13/h4-5,8,14H,6-7H2,1-3H3. The summed E-state index contributed by atoms with van der Waals surface area (Å²) in [5, 5.41) is 9.01. The van der Waals surface area contributed by atoms with E-state index in [1.807, 2.05) is 18.2 Å². The first kappa shape index (κ1) is 12.5. The van der Waals surface area contributed by atoms with Gasteiger partial charge in [-0.15, -0.1) is 0 Å². The first-order valence-corrected chi connectivity index (χ1v) is 5.75. The Morgan fingerprint density at radius 3 is 2.53 bits per heavy atom. The van der Waals surface area contributed by atoms with Gasteiger partial charge in [0.1, 0.15) is 5.75 Å². The third kappa shape index (κ3) is 2.95. The fourth-order valence-corrected chi connectivity index (χ4v) is 2.48. The molecule has 0 aliphatic carbocycles. The van der Waals surface area contributed by atoms with Crippen LogP contribution in [0.15, 0.2) is 22.7 Å². The molecule has 1 N–H and O–H groups in total. The summed E-state index contributed by atoms with van der Waals surface area (Å²) in [6.45, 7) is 4.44. The molecule has 0 radical (unpaired) electrons. The maximum Gasteiger partial charge on any atom is 0.120 e. The second-order valence-corrected chi connectivity index (χ2v) is 5.06. The van der Waals surface area contributed by atoms with Crippen LogP contribution in [0, 0.1) is 0 Å². The Hall–Kier alpha value is -0.540. The van der Waals surface area contributed by atoms with Gasteiger partial charge in [0, 0.05) is 11.1 Å². The van der Waals surface area contributed by atoms with Crippen LogP contribution in [0.25, 0.3) is 0 Å². The topological polar surface area (TPSA) is 29.5 Å². The van der Waals surface area contributed by atoms with Crippen LogP contribution in [0.1, 0.15) is 25.8 Å². The van der Waals surface area contributed by atoms with Crippen LogP contribution >= 0.6 is 15.9 Å². The molecule has 0 aromatic heterocycles. The number of aliphatic hydroxyl groups is 1. The van der Waals surface area contributed by atoms with Crippen molar-refractivity contribution in [2.24, 2.45) is 0 Å². The molecular formula is C12H17BrO2. The van der Waals surface area contributed by atoms with Gasteiger partial charge in [-0.3, -0.25) is 0 Å². The van der Waals surface area contributed by atoms with E-state index in [4.69, 9.17) is 9.84 Å². The van der Waals surface area contributed by atoms with E-state index >= 15 is 0 Å². The Kier molecular flexibility index (Phi) is 4.17. The van der Waals surface area contributed by atoms with Gasteiger partial charge in [-0.05, 0) is 29.5 Å². The molecule has 1 aromatic carbocycles. The molecule has 0 amide bonds. The van der Waals surface area contributed by atoms with Crippen molar-refractivity contribution in [1.29, 1.82) is 0 Å². The Balaban J connectivity index is 3.04. The van der Waals surface area contributed by atoms with Crippen LogP contribution < -0.4 is 4.74 Å². The zero-order valence-electron chi connectivity index (χ0n) is 9.38. The van der Waals surface area contributed by atoms with E-state index in [1.165, 1.54) is 5.56 Å². The van der Waals surface area contributed by atoms with E-state index < -0.39 is 0 Å². The monoisotopic (exact) mass is 272 g/mol. The molecule has 0 heterocycles. The summed E-state index contributed by atoms with van der Waals surface area (Å²) in [6.07, 6.45) is 0.748.